The summed E-state index contributed by atoms with van der Waals surface area (Å²) < 4.78 is 4.64. The number of alkyl carbamates (subject to hydrolysis) is 1. The Morgan fingerprint density at radius 1 is 0.796 bits per heavy atom. The monoisotopic (exact) mass is 735 g/mol. The molecule has 5 heterocycles. The van der Waals surface area contributed by atoms with E-state index >= 15 is 0 Å². The van der Waals surface area contributed by atoms with Gasteiger partial charge in [-0.3, -0.25) is 9.59 Å². The van der Waals surface area contributed by atoms with Crippen LogP contribution in [-0.4, -0.2) is 107 Å². The van der Waals surface area contributed by atoms with Crippen molar-refractivity contribution in [2.24, 2.45) is 0 Å². The number of aromatic nitrogens is 7. The van der Waals surface area contributed by atoms with E-state index in [1.165, 1.54) is 13.3 Å². The predicted molar refractivity (Wildman–Crippen MR) is 194 cm³/mol. The molecule has 0 spiro atoms. The van der Waals surface area contributed by atoms with Gasteiger partial charge in [-0.2, -0.15) is 15.4 Å². The molecule has 4 atom stereocenters. The lowest BCUT2D eigenvalue weighted by Gasteiger charge is -2.27. The number of hydrogen-bond donors (Lipinski definition) is 6. The van der Waals surface area contributed by atoms with Gasteiger partial charge in [0.15, 0.2) is 0 Å². The Bertz CT molecular complexity index is 2090. The largest absolute Gasteiger partial charge is 0.465 e. The maximum atomic E-state index is 13.6. The normalized spacial score (nSPS) is 18.0. The average molecular weight is 736 g/mol. The second kappa shape index (κ2) is 15.6. The first-order valence-corrected chi connectivity index (χ1v) is 17.8. The van der Waals surface area contributed by atoms with Gasteiger partial charge in [0, 0.05) is 19.5 Å². The Kier molecular flexibility index (Phi) is 10.4. The second-order valence-electron chi connectivity index (χ2n) is 13.4. The summed E-state index contributed by atoms with van der Waals surface area (Å²) in [6.07, 6.45) is 6.22. The first kappa shape index (κ1) is 35.9. The Labute approximate surface area is 309 Å². The molecule has 17 heteroatoms. The summed E-state index contributed by atoms with van der Waals surface area (Å²) in [7, 11) is 1.26. The highest BCUT2D eigenvalue weighted by Crippen LogP contribution is 2.34. The number of benzene rings is 2. The van der Waals surface area contributed by atoms with E-state index in [0.29, 0.717) is 36.9 Å². The standard InChI is InChI=1S/C37H41N11O6/c1-21(41-37(53)54-2)34(49)47-15-3-5-30(47)32-38-19-28(42-32)24-11-7-22(8-12-24)23-9-13-25(14-10-23)29-20-39-33(43-29)31-6-4-16-48(31)35(50)27(44-36(51)52)17-26-18-40-46-45-26/h7-14,18-21,27,30-31,44H,3-6,15-17H2,1-2H3,(H,38,42)(H,39,43)(H,41,53)(H,51,52)(H,40,45,46)/t21-,27-,30?,31-/m0/s1. The molecule has 6 N–H and O–H groups in total. The minimum absolute atomic E-state index is 0.0788. The van der Waals surface area contributed by atoms with Crippen LogP contribution in [0.5, 0.6) is 0 Å². The van der Waals surface area contributed by atoms with E-state index in [9.17, 15) is 24.3 Å². The molecule has 2 aliphatic rings. The number of rotatable bonds is 11. The maximum Gasteiger partial charge on any atom is 0.407 e. The van der Waals surface area contributed by atoms with E-state index in [0.717, 1.165) is 52.9 Å². The van der Waals surface area contributed by atoms with Crippen molar-refractivity contribution >= 4 is 24.0 Å². The number of nitrogens with one attached hydrogen (secondary N) is 5. The quantitative estimate of drug-likeness (QED) is 0.113. The highest BCUT2D eigenvalue weighted by atomic mass is 16.5. The minimum atomic E-state index is -1.29. The van der Waals surface area contributed by atoms with E-state index in [1.807, 2.05) is 48.5 Å². The number of aromatic amines is 3. The molecule has 7 rings (SSSR count). The van der Waals surface area contributed by atoms with Gasteiger partial charge in [-0.1, -0.05) is 48.5 Å². The fraction of sp³-hybridized carbons (Fsp3) is 0.351. The van der Waals surface area contributed by atoms with Crippen molar-refractivity contribution in [2.75, 3.05) is 20.2 Å². The van der Waals surface area contributed by atoms with Gasteiger partial charge in [-0.25, -0.2) is 19.6 Å². The Morgan fingerprint density at radius 2 is 1.31 bits per heavy atom. The van der Waals surface area contributed by atoms with Crippen LogP contribution in [0.3, 0.4) is 0 Å². The van der Waals surface area contributed by atoms with Crippen LogP contribution in [0.2, 0.25) is 0 Å². The molecule has 0 saturated carbocycles. The number of carbonyl (C=O) groups excluding carboxylic acids is 3. The van der Waals surface area contributed by atoms with Crippen LogP contribution in [0.25, 0.3) is 33.6 Å². The molecular weight excluding hydrogens is 694 g/mol. The molecule has 2 aliphatic heterocycles. The summed E-state index contributed by atoms with van der Waals surface area (Å²) in [5.74, 6) is 0.832. The minimum Gasteiger partial charge on any atom is -0.465 e. The number of H-pyrrole nitrogens is 3. The van der Waals surface area contributed by atoms with Crippen molar-refractivity contribution in [3.8, 4) is 33.6 Å². The van der Waals surface area contributed by atoms with Gasteiger partial charge in [-0.15, -0.1) is 0 Å². The van der Waals surface area contributed by atoms with Crippen LogP contribution >= 0.6 is 0 Å². The van der Waals surface area contributed by atoms with Crippen LogP contribution < -0.4 is 10.6 Å². The molecule has 2 fully saturated rings. The molecule has 280 valence electrons. The zero-order chi connectivity index (χ0) is 37.8. The zero-order valence-electron chi connectivity index (χ0n) is 29.8. The fourth-order valence-electron chi connectivity index (χ4n) is 7.25. The van der Waals surface area contributed by atoms with Crippen molar-refractivity contribution in [2.45, 2.75) is 63.2 Å². The van der Waals surface area contributed by atoms with Crippen LogP contribution in [0.15, 0.2) is 67.1 Å². The van der Waals surface area contributed by atoms with Crippen molar-refractivity contribution in [3.05, 3.63) is 84.5 Å². The Morgan fingerprint density at radius 3 is 1.80 bits per heavy atom. The number of hydrogen-bond acceptors (Lipinski definition) is 9. The third kappa shape index (κ3) is 7.65. The molecule has 1 unspecified atom stereocenters. The first-order chi connectivity index (χ1) is 26.2. The highest BCUT2D eigenvalue weighted by Gasteiger charge is 2.37. The number of amides is 4. The second-order valence-corrected chi connectivity index (χ2v) is 13.4. The molecule has 17 nitrogen and oxygen atoms in total. The third-order valence-electron chi connectivity index (χ3n) is 9.98. The molecule has 0 radical (unpaired) electrons. The summed E-state index contributed by atoms with van der Waals surface area (Å²) in [5, 5.41) is 24.5. The summed E-state index contributed by atoms with van der Waals surface area (Å²) in [4.78, 5) is 69.2. The fourth-order valence-corrected chi connectivity index (χ4v) is 7.25. The van der Waals surface area contributed by atoms with Crippen molar-refractivity contribution in [3.63, 3.8) is 0 Å². The van der Waals surface area contributed by atoms with E-state index < -0.39 is 24.3 Å². The smallest absolute Gasteiger partial charge is 0.407 e. The van der Waals surface area contributed by atoms with Gasteiger partial charge in [-0.05, 0) is 54.9 Å². The van der Waals surface area contributed by atoms with E-state index in [-0.39, 0.29) is 30.3 Å². The van der Waals surface area contributed by atoms with Crippen molar-refractivity contribution in [1.29, 1.82) is 0 Å². The Hall–Kier alpha value is -6.52. The highest BCUT2D eigenvalue weighted by molar-refractivity contribution is 5.86. The molecule has 2 saturated heterocycles. The molecule has 3 aromatic heterocycles. The molecule has 0 bridgehead atoms. The number of imidazole rings is 2. The van der Waals surface area contributed by atoms with E-state index in [1.54, 1.807) is 29.1 Å². The lowest BCUT2D eigenvalue weighted by Crippen LogP contribution is -2.49. The topological polar surface area (TPSA) is 227 Å². The number of carbonyl (C=O) groups is 4. The van der Waals surface area contributed by atoms with Gasteiger partial charge in [0.1, 0.15) is 23.7 Å². The van der Waals surface area contributed by atoms with Crippen molar-refractivity contribution in [1.82, 2.24) is 55.8 Å². The van der Waals surface area contributed by atoms with Crippen molar-refractivity contribution < 1.29 is 29.0 Å². The molecule has 2 aromatic carbocycles. The first-order valence-electron chi connectivity index (χ1n) is 17.8. The number of nitrogens with zero attached hydrogens (tertiary/aromatic N) is 6. The average Bonchev–Trinajstić information content (AvgIpc) is 4.03. The molecular formula is C37H41N11O6. The summed E-state index contributed by atoms with van der Waals surface area (Å²) in [6, 6.07) is 14.0. The van der Waals surface area contributed by atoms with E-state index in [4.69, 9.17) is 0 Å². The van der Waals surface area contributed by atoms with Gasteiger partial charge in [0.25, 0.3) is 0 Å². The SMILES string of the molecule is COC(=O)N[C@@H](C)C(=O)N1CCCC1c1ncc(-c2ccc(-c3ccc(-c4cnc([C@@H]5CCCN5C(=O)[C@H](Cc5cn[nH]n5)NC(=O)O)[nH]4)cc3)cc2)[nH]1. The third-order valence-corrected chi connectivity index (χ3v) is 9.98. The van der Waals surface area contributed by atoms with Crippen LogP contribution in [0.1, 0.15) is 62.0 Å². The van der Waals surface area contributed by atoms with Crippen LogP contribution in [0.4, 0.5) is 9.59 Å². The molecule has 0 aliphatic carbocycles. The van der Waals surface area contributed by atoms with Gasteiger partial charge < -0.3 is 40.2 Å². The molecule has 54 heavy (non-hydrogen) atoms. The van der Waals surface area contributed by atoms with E-state index in [2.05, 4.69) is 50.7 Å². The van der Waals surface area contributed by atoms with Crippen LogP contribution in [0, 0.1) is 0 Å². The van der Waals surface area contributed by atoms with Crippen LogP contribution in [-0.2, 0) is 20.7 Å². The Balaban J connectivity index is 0.994. The summed E-state index contributed by atoms with van der Waals surface area (Å²) >= 11 is 0. The summed E-state index contributed by atoms with van der Waals surface area (Å²) in [6.45, 7) is 2.72. The molecule has 5 aromatic rings. The number of methoxy groups -OCH3 is 1. The number of likely N-dealkylation sites (tertiary alicyclic amines) is 2. The van der Waals surface area contributed by atoms with Gasteiger partial charge in [0.2, 0.25) is 11.8 Å². The molecule has 4 amide bonds. The number of carboxylic acid groups (broad SMARTS) is 1. The predicted octanol–water partition coefficient (Wildman–Crippen LogP) is 4.20. The lowest BCUT2D eigenvalue weighted by atomic mass is 10.0. The van der Waals surface area contributed by atoms with Gasteiger partial charge in [0.05, 0.1) is 54.9 Å². The lowest BCUT2D eigenvalue weighted by molar-refractivity contribution is -0.134. The maximum absolute atomic E-state index is 13.6. The zero-order valence-corrected chi connectivity index (χ0v) is 29.8. The summed E-state index contributed by atoms with van der Waals surface area (Å²) in [5.41, 5.74) is 6.08. The van der Waals surface area contributed by atoms with Gasteiger partial charge >= 0.3 is 12.2 Å². The number of ether oxygens (including phenoxy) is 1.